The quantitative estimate of drug-likeness (QED) is 0.318. The van der Waals surface area contributed by atoms with E-state index in [1.807, 2.05) is 19.1 Å². The second-order valence-electron chi connectivity index (χ2n) is 9.36. The first-order valence-electron chi connectivity index (χ1n) is 11.2. The minimum Gasteiger partial charge on any atom is -0.461 e. The SMILES string of the molecule is CCOC(=O)c1c(-c2ccc(C(C)(C)C)cc2)c2ccccc2n1Cc1cccc(C)c1. The van der Waals surface area contributed by atoms with Crippen LogP contribution in [0.15, 0.2) is 72.8 Å². The molecule has 3 heteroatoms. The van der Waals surface area contributed by atoms with Gasteiger partial charge in [-0.1, -0.05) is 93.1 Å². The normalized spacial score (nSPS) is 11.7. The van der Waals surface area contributed by atoms with Gasteiger partial charge in [-0.15, -0.1) is 0 Å². The molecule has 0 spiro atoms. The van der Waals surface area contributed by atoms with Crippen LogP contribution >= 0.6 is 0 Å². The zero-order chi connectivity index (χ0) is 22.9. The van der Waals surface area contributed by atoms with Crippen LogP contribution in [0.4, 0.5) is 0 Å². The molecule has 0 amide bonds. The van der Waals surface area contributed by atoms with Crippen LogP contribution in [0, 0.1) is 6.92 Å². The summed E-state index contributed by atoms with van der Waals surface area (Å²) in [4.78, 5) is 13.3. The second-order valence-corrected chi connectivity index (χ2v) is 9.36. The van der Waals surface area contributed by atoms with Gasteiger partial charge in [-0.3, -0.25) is 0 Å². The number of aryl methyl sites for hydroxylation is 1. The van der Waals surface area contributed by atoms with Crippen LogP contribution in [0.2, 0.25) is 0 Å². The number of fused-ring (bicyclic) bond motifs is 1. The highest BCUT2D eigenvalue weighted by Gasteiger charge is 2.25. The minimum atomic E-state index is -0.286. The van der Waals surface area contributed by atoms with Crippen LogP contribution in [0.3, 0.4) is 0 Å². The maximum absolute atomic E-state index is 13.3. The molecule has 1 aromatic heterocycles. The highest BCUT2D eigenvalue weighted by atomic mass is 16.5. The summed E-state index contributed by atoms with van der Waals surface area (Å²) in [5, 5.41) is 1.06. The highest BCUT2D eigenvalue weighted by Crippen LogP contribution is 2.37. The maximum atomic E-state index is 13.3. The van der Waals surface area contributed by atoms with Gasteiger partial charge < -0.3 is 9.30 Å². The number of hydrogen-bond acceptors (Lipinski definition) is 2. The van der Waals surface area contributed by atoms with Crippen LogP contribution in [0.25, 0.3) is 22.0 Å². The first-order chi connectivity index (χ1) is 15.3. The molecule has 3 nitrogen and oxygen atoms in total. The minimum absolute atomic E-state index is 0.0711. The van der Waals surface area contributed by atoms with Crippen molar-refractivity contribution in [2.75, 3.05) is 6.61 Å². The molecule has 0 radical (unpaired) electrons. The standard InChI is InChI=1S/C29H31NO2/c1-6-32-28(31)27-26(22-14-16-23(17-15-22)29(3,4)5)24-12-7-8-13-25(24)30(27)19-21-11-9-10-20(2)18-21/h7-18H,6,19H2,1-5H3. The van der Waals surface area contributed by atoms with Crippen molar-refractivity contribution in [1.82, 2.24) is 4.57 Å². The molecule has 0 bridgehead atoms. The van der Waals surface area contributed by atoms with Gasteiger partial charge in [0.05, 0.1) is 6.61 Å². The van der Waals surface area contributed by atoms with E-state index in [0.29, 0.717) is 18.8 Å². The summed E-state index contributed by atoms with van der Waals surface area (Å²) in [6.07, 6.45) is 0. The molecule has 0 saturated carbocycles. The zero-order valence-electron chi connectivity index (χ0n) is 19.6. The largest absolute Gasteiger partial charge is 0.461 e. The van der Waals surface area contributed by atoms with Crippen molar-refractivity contribution < 1.29 is 9.53 Å². The van der Waals surface area contributed by atoms with E-state index in [2.05, 4.69) is 92.9 Å². The van der Waals surface area contributed by atoms with E-state index >= 15 is 0 Å². The Morgan fingerprint density at radius 1 is 0.938 bits per heavy atom. The molecule has 4 aromatic rings. The van der Waals surface area contributed by atoms with Crippen molar-refractivity contribution in [3.05, 3.63) is 95.2 Å². The summed E-state index contributed by atoms with van der Waals surface area (Å²) < 4.78 is 7.65. The Bertz CT molecular complexity index is 1260. The van der Waals surface area contributed by atoms with Gasteiger partial charge in [0, 0.05) is 23.0 Å². The highest BCUT2D eigenvalue weighted by molar-refractivity contribution is 6.08. The lowest BCUT2D eigenvalue weighted by atomic mass is 9.86. The van der Waals surface area contributed by atoms with E-state index in [1.54, 1.807) is 0 Å². The molecule has 0 unspecified atom stereocenters. The molecule has 0 fully saturated rings. The fourth-order valence-corrected chi connectivity index (χ4v) is 4.30. The number of esters is 1. The second kappa shape index (κ2) is 8.66. The molecule has 0 aliphatic carbocycles. The number of nitrogens with zero attached hydrogens (tertiary/aromatic N) is 1. The van der Waals surface area contributed by atoms with Gasteiger partial charge in [0.25, 0.3) is 0 Å². The summed E-state index contributed by atoms with van der Waals surface area (Å²) in [7, 11) is 0. The maximum Gasteiger partial charge on any atom is 0.355 e. The third kappa shape index (κ3) is 4.20. The molecular weight excluding hydrogens is 394 g/mol. The fraction of sp³-hybridized carbons (Fsp3) is 0.276. The molecule has 0 atom stereocenters. The molecule has 1 heterocycles. The topological polar surface area (TPSA) is 31.2 Å². The van der Waals surface area contributed by atoms with Gasteiger partial charge in [-0.25, -0.2) is 4.79 Å². The first-order valence-corrected chi connectivity index (χ1v) is 11.2. The number of carbonyl (C=O) groups is 1. The smallest absolute Gasteiger partial charge is 0.355 e. The predicted molar refractivity (Wildman–Crippen MR) is 132 cm³/mol. The molecule has 4 rings (SSSR count). The number of carbonyl (C=O) groups excluding carboxylic acids is 1. The lowest BCUT2D eigenvalue weighted by molar-refractivity contribution is 0.0516. The molecule has 32 heavy (non-hydrogen) atoms. The van der Waals surface area contributed by atoms with Crippen LogP contribution in [0.5, 0.6) is 0 Å². The van der Waals surface area contributed by atoms with Gasteiger partial charge in [0.2, 0.25) is 0 Å². The van der Waals surface area contributed by atoms with Crippen LogP contribution in [-0.4, -0.2) is 17.1 Å². The number of aromatic nitrogens is 1. The third-order valence-electron chi connectivity index (χ3n) is 5.90. The number of para-hydroxylation sites is 1. The molecule has 0 aliphatic rings. The van der Waals surface area contributed by atoms with E-state index < -0.39 is 0 Å². The molecule has 3 aromatic carbocycles. The van der Waals surface area contributed by atoms with Crippen LogP contribution in [-0.2, 0) is 16.7 Å². The fourth-order valence-electron chi connectivity index (χ4n) is 4.30. The zero-order valence-corrected chi connectivity index (χ0v) is 19.6. The Hall–Kier alpha value is -3.33. The Labute approximate surface area is 190 Å². The molecule has 0 saturated heterocycles. The third-order valence-corrected chi connectivity index (χ3v) is 5.90. The Balaban J connectivity index is 1.95. The van der Waals surface area contributed by atoms with Crippen molar-refractivity contribution in [3.8, 4) is 11.1 Å². The number of rotatable bonds is 5. The predicted octanol–water partition coefficient (Wildman–Crippen LogP) is 7.14. The lowest BCUT2D eigenvalue weighted by Gasteiger charge is -2.19. The molecule has 0 aliphatic heterocycles. The molecular formula is C29H31NO2. The van der Waals surface area contributed by atoms with E-state index in [1.165, 1.54) is 11.1 Å². The first kappa shape index (κ1) is 21.9. The summed E-state index contributed by atoms with van der Waals surface area (Å²) >= 11 is 0. The molecule has 164 valence electrons. The van der Waals surface area contributed by atoms with E-state index in [0.717, 1.165) is 27.6 Å². The van der Waals surface area contributed by atoms with Crippen molar-refractivity contribution in [3.63, 3.8) is 0 Å². The number of hydrogen-bond donors (Lipinski definition) is 0. The van der Waals surface area contributed by atoms with E-state index in [4.69, 9.17) is 4.74 Å². The van der Waals surface area contributed by atoms with Crippen molar-refractivity contribution >= 4 is 16.9 Å². The average molecular weight is 426 g/mol. The van der Waals surface area contributed by atoms with Gasteiger partial charge in [-0.2, -0.15) is 0 Å². The number of ether oxygens (including phenoxy) is 1. The average Bonchev–Trinajstić information content (AvgIpc) is 3.08. The Kier molecular flexibility index (Phi) is 5.92. The van der Waals surface area contributed by atoms with Gasteiger partial charge in [-0.05, 0) is 42.0 Å². The summed E-state index contributed by atoms with van der Waals surface area (Å²) in [6, 6.07) is 25.2. The van der Waals surface area contributed by atoms with Crippen molar-refractivity contribution in [2.24, 2.45) is 0 Å². The van der Waals surface area contributed by atoms with Crippen molar-refractivity contribution in [1.29, 1.82) is 0 Å². The van der Waals surface area contributed by atoms with Gasteiger partial charge in [0.15, 0.2) is 0 Å². The lowest BCUT2D eigenvalue weighted by Crippen LogP contribution is -2.14. The summed E-state index contributed by atoms with van der Waals surface area (Å²) in [6.45, 7) is 11.5. The van der Waals surface area contributed by atoms with Gasteiger partial charge in [0.1, 0.15) is 5.69 Å². The Morgan fingerprint density at radius 3 is 2.31 bits per heavy atom. The van der Waals surface area contributed by atoms with Gasteiger partial charge >= 0.3 is 5.97 Å². The summed E-state index contributed by atoms with van der Waals surface area (Å²) in [5.74, 6) is -0.286. The van der Waals surface area contributed by atoms with Crippen LogP contribution < -0.4 is 0 Å². The Morgan fingerprint density at radius 2 is 1.66 bits per heavy atom. The van der Waals surface area contributed by atoms with E-state index in [9.17, 15) is 4.79 Å². The molecule has 0 N–H and O–H groups in total. The number of benzene rings is 3. The van der Waals surface area contributed by atoms with E-state index in [-0.39, 0.29) is 11.4 Å². The summed E-state index contributed by atoms with van der Waals surface area (Å²) in [5.41, 5.74) is 7.31. The van der Waals surface area contributed by atoms with Crippen LogP contribution in [0.1, 0.15) is 54.9 Å². The van der Waals surface area contributed by atoms with Crippen molar-refractivity contribution in [2.45, 2.75) is 46.6 Å². The monoisotopic (exact) mass is 425 g/mol.